The Kier molecular flexibility index (Phi) is 12.5. The third-order valence-electron chi connectivity index (χ3n) is 7.06. The van der Waals surface area contributed by atoms with Crippen LogP contribution >= 0.6 is 0 Å². The number of hydrogen-bond donors (Lipinski definition) is 0. The van der Waals surface area contributed by atoms with Crippen molar-refractivity contribution in [3.63, 3.8) is 0 Å². The largest absolute Gasteiger partial charge is 0.300 e. The van der Waals surface area contributed by atoms with Crippen LogP contribution in [0.4, 0.5) is 0 Å². The number of rotatable bonds is 14. The summed E-state index contributed by atoms with van der Waals surface area (Å²) in [6.45, 7) is 19.7. The molecule has 0 aromatic heterocycles. The maximum atomic E-state index is 14.0. The molecule has 2 aliphatic rings. The van der Waals surface area contributed by atoms with Gasteiger partial charge in [0.15, 0.2) is 5.78 Å². The molecule has 0 aromatic rings. The lowest BCUT2D eigenvalue weighted by Gasteiger charge is -2.46. The van der Waals surface area contributed by atoms with E-state index < -0.39 is 0 Å². The average molecular weight is 423 g/mol. The van der Waals surface area contributed by atoms with Crippen LogP contribution in [0.5, 0.6) is 0 Å². The van der Waals surface area contributed by atoms with Crippen molar-refractivity contribution in [2.45, 2.75) is 91.1 Å². The minimum absolute atomic E-state index is 0.0856. The molecule has 30 heavy (non-hydrogen) atoms. The third-order valence-corrected chi connectivity index (χ3v) is 7.06. The Bertz CT molecular complexity index is 432. The van der Waals surface area contributed by atoms with Gasteiger partial charge in [0.25, 0.3) is 0 Å². The van der Waals surface area contributed by atoms with Crippen LogP contribution in [0.25, 0.3) is 0 Å². The Morgan fingerprint density at radius 2 is 0.967 bits per heavy atom. The van der Waals surface area contributed by atoms with Crippen molar-refractivity contribution in [1.82, 2.24) is 19.6 Å². The van der Waals surface area contributed by atoms with E-state index in [-0.39, 0.29) is 12.1 Å². The van der Waals surface area contributed by atoms with E-state index in [9.17, 15) is 4.79 Å². The number of hydrogen-bond acceptors (Lipinski definition) is 5. The van der Waals surface area contributed by atoms with E-state index >= 15 is 0 Å². The van der Waals surface area contributed by atoms with Gasteiger partial charge in [0.2, 0.25) is 0 Å². The summed E-state index contributed by atoms with van der Waals surface area (Å²) in [4.78, 5) is 24.2. The van der Waals surface area contributed by atoms with Gasteiger partial charge in [-0.2, -0.15) is 0 Å². The van der Waals surface area contributed by atoms with E-state index in [2.05, 4.69) is 47.3 Å². The normalized spacial score (nSPS) is 25.1. The van der Waals surface area contributed by atoms with Crippen molar-refractivity contribution >= 4 is 5.78 Å². The van der Waals surface area contributed by atoms with Crippen molar-refractivity contribution in [2.75, 3.05) is 65.4 Å². The topological polar surface area (TPSA) is 30.0 Å². The van der Waals surface area contributed by atoms with Crippen LogP contribution in [0.15, 0.2) is 0 Å². The molecule has 2 saturated heterocycles. The van der Waals surface area contributed by atoms with Crippen molar-refractivity contribution in [3.05, 3.63) is 0 Å². The highest BCUT2D eigenvalue weighted by molar-refractivity contribution is 5.89. The summed E-state index contributed by atoms with van der Waals surface area (Å²) >= 11 is 0. The van der Waals surface area contributed by atoms with Gasteiger partial charge in [-0.1, -0.05) is 53.4 Å². The predicted molar refractivity (Wildman–Crippen MR) is 128 cm³/mol. The average Bonchev–Trinajstić information content (AvgIpc) is 2.78. The molecule has 5 heteroatoms. The number of carbonyl (C=O) groups excluding carboxylic acids is 1. The van der Waals surface area contributed by atoms with Crippen LogP contribution < -0.4 is 0 Å². The van der Waals surface area contributed by atoms with E-state index in [1.165, 1.54) is 51.4 Å². The second kappa shape index (κ2) is 14.5. The zero-order valence-corrected chi connectivity index (χ0v) is 20.6. The van der Waals surface area contributed by atoms with Gasteiger partial charge in [-0.3, -0.25) is 14.6 Å². The van der Waals surface area contributed by atoms with E-state index in [0.717, 1.165) is 65.4 Å². The highest BCUT2D eigenvalue weighted by atomic mass is 16.1. The highest BCUT2D eigenvalue weighted by Gasteiger charge is 2.39. The molecule has 176 valence electrons. The fourth-order valence-electron chi connectivity index (χ4n) is 4.94. The number of Topliss-reactive ketones (excluding diaryl/α,β-unsaturated/α-hetero) is 1. The predicted octanol–water partition coefficient (Wildman–Crippen LogP) is 3.73. The Hall–Kier alpha value is -0.490. The summed E-state index contributed by atoms with van der Waals surface area (Å²) in [7, 11) is 0. The molecule has 0 saturated carbocycles. The second-order valence-electron chi connectivity index (χ2n) is 9.52. The van der Waals surface area contributed by atoms with Crippen LogP contribution in [0.2, 0.25) is 0 Å². The molecular weight excluding hydrogens is 372 g/mol. The van der Waals surface area contributed by atoms with Crippen LogP contribution in [-0.2, 0) is 4.79 Å². The third kappa shape index (κ3) is 7.89. The van der Waals surface area contributed by atoms with Crippen LogP contribution in [0, 0.1) is 0 Å². The summed E-state index contributed by atoms with van der Waals surface area (Å²) in [5.41, 5.74) is 0. The number of nitrogens with zero attached hydrogens (tertiary/aromatic N) is 4. The molecule has 0 amide bonds. The highest BCUT2D eigenvalue weighted by Crippen LogP contribution is 2.20. The molecule has 0 bridgehead atoms. The van der Waals surface area contributed by atoms with Crippen molar-refractivity contribution in [1.29, 1.82) is 0 Å². The summed E-state index contributed by atoms with van der Waals surface area (Å²) < 4.78 is 0. The fraction of sp³-hybridized carbons (Fsp3) is 0.960. The van der Waals surface area contributed by atoms with Gasteiger partial charge >= 0.3 is 0 Å². The first-order valence-corrected chi connectivity index (χ1v) is 13.1. The molecule has 0 spiro atoms. The maximum absolute atomic E-state index is 14.0. The minimum Gasteiger partial charge on any atom is -0.300 e. The van der Waals surface area contributed by atoms with Gasteiger partial charge in [0, 0.05) is 39.3 Å². The quantitative estimate of drug-likeness (QED) is 0.426. The zero-order chi connectivity index (χ0) is 21.8. The molecule has 2 rings (SSSR count). The molecule has 2 atom stereocenters. The van der Waals surface area contributed by atoms with Crippen molar-refractivity contribution < 1.29 is 4.79 Å². The van der Waals surface area contributed by atoms with Gasteiger partial charge in [-0.05, 0) is 51.9 Å². The van der Waals surface area contributed by atoms with Gasteiger partial charge in [0.05, 0.1) is 12.1 Å². The first-order chi connectivity index (χ1) is 14.6. The van der Waals surface area contributed by atoms with E-state index in [1.54, 1.807) is 0 Å². The van der Waals surface area contributed by atoms with Crippen LogP contribution in [-0.4, -0.2) is 103 Å². The lowest BCUT2D eigenvalue weighted by molar-refractivity contribution is -0.134. The molecule has 2 aliphatic heterocycles. The van der Waals surface area contributed by atoms with E-state index in [1.807, 2.05) is 0 Å². The zero-order valence-electron chi connectivity index (χ0n) is 20.6. The maximum Gasteiger partial charge on any atom is 0.169 e. The summed E-state index contributed by atoms with van der Waals surface area (Å²) in [6.07, 6.45) is 9.75. The van der Waals surface area contributed by atoms with E-state index in [0.29, 0.717) is 5.78 Å². The SMILES string of the molecule is CCCCN1CCN(CCCC)C(C(=O)C2CN(CCCC)CCN2CCCC)C1. The summed E-state index contributed by atoms with van der Waals surface area (Å²) in [5, 5.41) is 0. The Morgan fingerprint density at radius 1 is 0.600 bits per heavy atom. The Balaban J connectivity index is 2.12. The van der Waals surface area contributed by atoms with Crippen LogP contribution in [0.1, 0.15) is 79.1 Å². The molecule has 2 heterocycles. The number of piperazine rings is 2. The number of carbonyl (C=O) groups is 1. The smallest absolute Gasteiger partial charge is 0.169 e. The molecule has 0 radical (unpaired) electrons. The van der Waals surface area contributed by atoms with Crippen LogP contribution in [0.3, 0.4) is 0 Å². The first-order valence-electron chi connectivity index (χ1n) is 13.1. The summed E-state index contributed by atoms with van der Waals surface area (Å²) in [5.74, 6) is 0.504. The minimum atomic E-state index is 0.0856. The lowest BCUT2D eigenvalue weighted by atomic mass is 9.96. The summed E-state index contributed by atoms with van der Waals surface area (Å²) in [6, 6.07) is 0.171. The Morgan fingerprint density at radius 3 is 1.33 bits per heavy atom. The molecule has 0 aliphatic carbocycles. The fourth-order valence-corrected chi connectivity index (χ4v) is 4.94. The van der Waals surface area contributed by atoms with Gasteiger partial charge in [-0.15, -0.1) is 0 Å². The van der Waals surface area contributed by atoms with Gasteiger partial charge in [-0.25, -0.2) is 0 Å². The number of ketones is 1. The molecular formula is C25H50N4O. The molecule has 0 aromatic carbocycles. The lowest BCUT2D eigenvalue weighted by Crippen LogP contribution is -2.64. The standard InChI is InChI=1S/C25H50N4O/c1-5-9-13-26-17-19-28(15-11-7-3)23(21-26)25(30)24-22-27(14-10-6-2)18-20-29(24)16-12-8-4/h23-24H,5-22H2,1-4H3. The van der Waals surface area contributed by atoms with Crippen molar-refractivity contribution in [2.24, 2.45) is 0 Å². The molecule has 2 unspecified atom stereocenters. The van der Waals surface area contributed by atoms with Gasteiger partial charge in [0.1, 0.15) is 0 Å². The van der Waals surface area contributed by atoms with E-state index in [4.69, 9.17) is 0 Å². The van der Waals surface area contributed by atoms with Crippen molar-refractivity contribution in [3.8, 4) is 0 Å². The first kappa shape index (κ1) is 25.8. The molecule has 0 N–H and O–H groups in total. The molecule has 2 fully saturated rings. The Labute approximate surface area is 187 Å². The molecule has 5 nitrogen and oxygen atoms in total. The number of unbranched alkanes of at least 4 members (excludes halogenated alkanes) is 4. The van der Waals surface area contributed by atoms with Gasteiger partial charge < -0.3 is 9.80 Å². The second-order valence-corrected chi connectivity index (χ2v) is 9.52. The monoisotopic (exact) mass is 422 g/mol.